The number of aryl methyl sites for hydroxylation is 1. The number of ether oxygens (including phenoxy) is 1. The average Bonchev–Trinajstić information content (AvgIpc) is 3.60. The number of benzene rings is 1. The number of hydrogen-bond donors (Lipinski definition) is 0. The third-order valence-electron chi connectivity index (χ3n) is 4.86. The predicted octanol–water partition coefficient (Wildman–Crippen LogP) is 2.02. The summed E-state index contributed by atoms with van der Waals surface area (Å²) in [6.07, 6.45) is 4.66. The van der Waals surface area contributed by atoms with Crippen LogP contribution in [-0.4, -0.2) is 45.1 Å². The molecule has 0 bridgehead atoms. The van der Waals surface area contributed by atoms with Crippen molar-refractivity contribution in [3.05, 3.63) is 71.9 Å². The topological polar surface area (TPSA) is 146 Å². The Kier molecular flexibility index (Phi) is 5.26. The smallest absolute Gasteiger partial charge is 0.261 e. The molecule has 1 aromatic carbocycles. The number of tetrazole rings is 1. The van der Waals surface area contributed by atoms with E-state index in [0.29, 0.717) is 35.3 Å². The summed E-state index contributed by atoms with van der Waals surface area (Å²) in [7, 11) is 1.80. The molecule has 0 aliphatic rings. The maximum absolute atomic E-state index is 8.89. The molecule has 0 N–H and O–H groups in total. The number of aromatic nitrogens is 9. The van der Waals surface area contributed by atoms with Crippen molar-refractivity contribution in [1.29, 1.82) is 5.26 Å². The molecule has 12 heteroatoms. The van der Waals surface area contributed by atoms with E-state index >= 15 is 0 Å². The average molecular weight is 440 g/mol. The summed E-state index contributed by atoms with van der Waals surface area (Å²) in [5, 5.41) is 28.5. The quantitative estimate of drug-likeness (QED) is 0.368. The van der Waals surface area contributed by atoms with Crippen LogP contribution in [0.1, 0.15) is 16.8 Å². The fraction of sp³-hybridized carbons (Fsp3) is 0.143. The lowest BCUT2D eigenvalue weighted by Crippen LogP contribution is -2.05. The van der Waals surface area contributed by atoms with Crippen molar-refractivity contribution in [2.75, 3.05) is 0 Å². The van der Waals surface area contributed by atoms with Gasteiger partial charge in [-0.25, -0.2) is 9.67 Å². The summed E-state index contributed by atoms with van der Waals surface area (Å²) in [4.78, 5) is 8.67. The molecular formula is C21H16N10O2. The number of hydrogen-bond acceptors (Lipinski definition) is 10. The molecule has 5 aromatic rings. The second-order valence-corrected chi connectivity index (χ2v) is 7.05. The molecule has 4 aromatic heterocycles. The summed E-state index contributed by atoms with van der Waals surface area (Å²) >= 11 is 0. The van der Waals surface area contributed by atoms with Gasteiger partial charge >= 0.3 is 0 Å². The largest absolute Gasteiger partial charge is 0.471 e. The Bertz CT molecular complexity index is 1410. The minimum Gasteiger partial charge on any atom is -0.471 e. The highest BCUT2D eigenvalue weighted by molar-refractivity contribution is 5.61. The first-order chi connectivity index (χ1) is 16.2. The minimum atomic E-state index is 0.184. The van der Waals surface area contributed by atoms with E-state index in [9.17, 15) is 0 Å². The molecule has 5 rings (SSSR count). The molecule has 0 unspecified atom stereocenters. The zero-order valence-corrected chi connectivity index (χ0v) is 17.4. The Morgan fingerprint density at radius 3 is 2.91 bits per heavy atom. The molecule has 0 atom stereocenters. The van der Waals surface area contributed by atoms with Crippen LogP contribution in [0.15, 0.2) is 59.6 Å². The van der Waals surface area contributed by atoms with Crippen LogP contribution in [0.5, 0.6) is 5.88 Å². The molecule has 162 valence electrons. The Hall–Kier alpha value is -4.92. The van der Waals surface area contributed by atoms with E-state index in [-0.39, 0.29) is 6.61 Å². The molecule has 0 amide bonds. The second-order valence-electron chi connectivity index (χ2n) is 7.05. The first-order valence-electron chi connectivity index (χ1n) is 9.83. The van der Waals surface area contributed by atoms with Gasteiger partial charge in [-0.1, -0.05) is 23.4 Å². The van der Waals surface area contributed by atoms with Crippen molar-refractivity contribution in [1.82, 2.24) is 45.1 Å². The van der Waals surface area contributed by atoms with Crippen molar-refractivity contribution in [3.63, 3.8) is 0 Å². The van der Waals surface area contributed by atoms with E-state index < -0.39 is 0 Å². The number of nitriles is 1. The minimum absolute atomic E-state index is 0.184. The maximum atomic E-state index is 8.89. The SMILES string of the molecule is Cn1ncc(-c2nc(-c3cccc(Cn4cnnn4)c3)no2)c1COc1ccc(C#N)cn1. The third kappa shape index (κ3) is 4.28. The number of rotatable bonds is 7. The number of pyridine rings is 1. The monoisotopic (exact) mass is 440 g/mol. The van der Waals surface area contributed by atoms with Crippen LogP contribution in [0.3, 0.4) is 0 Å². The van der Waals surface area contributed by atoms with Gasteiger partial charge in [-0.15, -0.1) is 5.10 Å². The summed E-state index contributed by atoms with van der Waals surface area (Å²) in [5.74, 6) is 1.18. The molecular weight excluding hydrogens is 424 g/mol. The predicted molar refractivity (Wildman–Crippen MR) is 112 cm³/mol. The Morgan fingerprint density at radius 1 is 1.18 bits per heavy atom. The van der Waals surface area contributed by atoms with E-state index in [1.54, 1.807) is 41.1 Å². The van der Waals surface area contributed by atoms with Gasteiger partial charge in [0.2, 0.25) is 11.7 Å². The first-order valence-corrected chi connectivity index (χ1v) is 9.83. The molecule has 0 saturated heterocycles. The van der Waals surface area contributed by atoms with Crippen LogP contribution < -0.4 is 4.74 Å². The van der Waals surface area contributed by atoms with E-state index in [0.717, 1.165) is 16.8 Å². The molecule has 33 heavy (non-hydrogen) atoms. The normalized spacial score (nSPS) is 10.8. The van der Waals surface area contributed by atoms with E-state index in [4.69, 9.17) is 14.5 Å². The molecule has 0 aliphatic heterocycles. The van der Waals surface area contributed by atoms with Crippen LogP contribution in [-0.2, 0) is 20.2 Å². The molecule has 12 nitrogen and oxygen atoms in total. The van der Waals surface area contributed by atoms with Gasteiger partial charge in [-0.05, 0) is 28.1 Å². The van der Waals surface area contributed by atoms with Gasteiger partial charge in [0, 0.05) is 24.9 Å². The van der Waals surface area contributed by atoms with Gasteiger partial charge in [0.15, 0.2) is 0 Å². The molecule has 0 saturated carbocycles. The zero-order valence-electron chi connectivity index (χ0n) is 17.4. The fourth-order valence-electron chi connectivity index (χ4n) is 3.19. The molecule has 0 fully saturated rings. The van der Waals surface area contributed by atoms with Crippen molar-refractivity contribution in [3.8, 4) is 34.8 Å². The van der Waals surface area contributed by atoms with Gasteiger partial charge in [0.1, 0.15) is 19.0 Å². The van der Waals surface area contributed by atoms with Crippen molar-refractivity contribution >= 4 is 0 Å². The summed E-state index contributed by atoms with van der Waals surface area (Å²) in [5.41, 5.74) is 3.66. The Morgan fingerprint density at radius 2 is 2.12 bits per heavy atom. The molecule has 4 heterocycles. The lowest BCUT2D eigenvalue weighted by Gasteiger charge is -2.06. The van der Waals surface area contributed by atoms with Crippen molar-refractivity contribution < 1.29 is 9.26 Å². The first kappa shape index (κ1) is 20.0. The van der Waals surface area contributed by atoms with Gasteiger partial charge in [0.25, 0.3) is 5.89 Å². The molecule has 0 aliphatic carbocycles. The van der Waals surface area contributed by atoms with Crippen molar-refractivity contribution in [2.45, 2.75) is 13.2 Å². The van der Waals surface area contributed by atoms with Crippen LogP contribution in [0.4, 0.5) is 0 Å². The highest BCUT2D eigenvalue weighted by Crippen LogP contribution is 2.26. The number of nitrogens with zero attached hydrogens (tertiary/aromatic N) is 10. The zero-order chi connectivity index (χ0) is 22.6. The molecule has 0 radical (unpaired) electrons. The van der Waals surface area contributed by atoms with Crippen LogP contribution in [0, 0.1) is 11.3 Å². The van der Waals surface area contributed by atoms with Crippen molar-refractivity contribution in [2.24, 2.45) is 7.05 Å². The fourth-order valence-corrected chi connectivity index (χ4v) is 3.19. The van der Waals surface area contributed by atoms with E-state index in [2.05, 4.69) is 35.7 Å². The summed E-state index contributed by atoms with van der Waals surface area (Å²) < 4.78 is 14.6. The highest BCUT2D eigenvalue weighted by Gasteiger charge is 2.19. The third-order valence-corrected chi connectivity index (χ3v) is 4.86. The Balaban J connectivity index is 1.35. The van der Waals surface area contributed by atoms with E-state index in [1.807, 2.05) is 30.3 Å². The summed E-state index contributed by atoms with van der Waals surface area (Å²) in [6, 6.07) is 13.1. The second kappa shape index (κ2) is 8.67. The highest BCUT2D eigenvalue weighted by atomic mass is 16.5. The van der Waals surface area contributed by atoms with Crippen LogP contribution in [0.2, 0.25) is 0 Å². The van der Waals surface area contributed by atoms with Gasteiger partial charge in [-0.2, -0.15) is 15.3 Å². The van der Waals surface area contributed by atoms with Gasteiger partial charge in [0.05, 0.1) is 29.6 Å². The van der Waals surface area contributed by atoms with Gasteiger partial charge < -0.3 is 9.26 Å². The standard InChI is InChI=1S/C21H16N10O2/c1-30-18(12-32-19-6-5-15(8-22)9-23-19)17(10-25-30)21-26-20(27-33-21)16-4-2-3-14(7-16)11-31-13-24-28-29-31/h2-7,9-10,13H,11-12H2,1H3. The summed E-state index contributed by atoms with van der Waals surface area (Å²) in [6.45, 7) is 0.711. The maximum Gasteiger partial charge on any atom is 0.261 e. The Labute approximate surface area is 187 Å². The van der Waals surface area contributed by atoms with E-state index in [1.165, 1.54) is 6.20 Å². The van der Waals surface area contributed by atoms with Crippen LogP contribution in [0.25, 0.3) is 22.8 Å². The molecule has 0 spiro atoms. The van der Waals surface area contributed by atoms with Gasteiger partial charge in [-0.3, -0.25) is 4.68 Å². The van der Waals surface area contributed by atoms with Crippen LogP contribution >= 0.6 is 0 Å². The lowest BCUT2D eigenvalue weighted by molar-refractivity contribution is 0.283. The lowest BCUT2D eigenvalue weighted by atomic mass is 10.1.